The predicted molar refractivity (Wildman–Crippen MR) is 119 cm³/mol. The van der Waals surface area contributed by atoms with Crippen LogP contribution in [0, 0.1) is 0 Å². The Labute approximate surface area is 181 Å². The number of nitrogens with one attached hydrogen (secondary N) is 1. The summed E-state index contributed by atoms with van der Waals surface area (Å²) in [5.74, 6) is 0. The van der Waals surface area contributed by atoms with Gasteiger partial charge >= 0.3 is 6.03 Å². The molecular formula is C19H27N5O4S2. The first-order valence-electron chi connectivity index (χ1n) is 9.63. The van der Waals surface area contributed by atoms with E-state index in [0.717, 1.165) is 34.4 Å². The number of thiazole rings is 1. The second-order valence-corrected chi connectivity index (χ2v) is 10.3. The quantitative estimate of drug-likeness (QED) is 0.722. The summed E-state index contributed by atoms with van der Waals surface area (Å²) in [7, 11) is 0.911. The molecule has 1 N–H and O–H groups in total. The summed E-state index contributed by atoms with van der Waals surface area (Å²) in [6.45, 7) is 4.95. The molecule has 0 aliphatic carbocycles. The first-order chi connectivity index (χ1) is 14.2. The molecule has 11 heteroatoms. The molecule has 0 unspecified atom stereocenters. The zero-order chi connectivity index (χ0) is 21.9. The summed E-state index contributed by atoms with van der Waals surface area (Å²) in [4.78, 5) is 20.6. The first kappa shape index (κ1) is 22.5. The van der Waals surface area contributed by atoms with Crippen LogP contribution in [0.15, 0.2) is 28.5 Å². The van der Waals surface area contributed by atoms with E-state index in [1.165, 1.54) is 19.0 Å². The molecule has 3 rings (SSSR count). The maximum atomic E-state index is 12.7. The Balaban J connectivity index is 1.72. The lowest BCUT2D eigenvalue weighted by Crippen LogP contribution is -2.36. The van der Waals surface area contributed by atoms with Crippen molar-refractivity contribution in [3.63, 3.8) is 0 Å². The second kappa shape index (κ2) is 9.29. The van der Waals surface area contributed by atoms with E-state index in [0.29, 0.717) is 36.1 Å². The van der Waals surface area contributed by atoms with Gasteiger partial charge in [0.1, 0.15) is 0 Å². The number of amides is 2. The molecule has 0 spiro atoms. The highest BCUT2D eigenvalue weighted by Crippen LogP contribution is 2.32. The molecule has 0 atom stereocenters. The van der Waals surface area contributed by atoms with Crippen molar-refractivity contribution < 1.29 is 17.9 Å². The van der Waals surface area contributed by atoms with Crippen LogP contribution in [0.4, 0.5) is 21.3 Å². The average Bonchev–Trinajstić information content (AvgIpc) is 3.19. The van der Waals surface area contributed by atoms with Crippen LogP contribution >= 0.6 is 11.3 Å². The summed E-state index contributed by atoms with van der Waals surface area (Å²) < 4.78 is 31.8. The molecule has 1 aliphatic heterocycles. The second-order valence-electron chi connectivity index (χ2n) is 7.01. The SMILES string of the molecule is CCc1nc(N(C)C(=O)Nc2ccc(N3CCOCC3)cc2)sc1S(=O)(=O)N(C)C. The number of nitrogens with zero attached hydrogens (tertiary/aromatic N) is 4. The molecule has 2 aromatic rings. The van der Waals surface area contributed by atoms with E-state index in [4.69, 9.17) is 4.74 Å². The van der Waals surface area contributed by atoms with E-state index in [1.807, 2.05) is 31.2 Å². The Hall–Kier alpha value is -2.21. The number of morpholine rings is 1. The lowest BCUT2D eigenvalue weighted by atomic mass is 10.2. The third-order valence-electron chi connectivity index (χ3n) is 4.79. The summed E-state index contributed by atoms with van der Waals surface area (Å²) >= 11 is 0.993. The van der Waals surface area contributed by atoms with E-state index in [1.54, 1.807) is 7.05 Å². The van der Waals surface area contributed by atoms with Gasteiger partial charge in [-0.25, -0.2) is 22.5 Å². The van der Waals surface area contributed by atoms with Crippen molar-refractivity contribution in [3.8, 4) is 0 Å². The van der Waals surface area contributed by atoms with Gasteiger partial charge < -0.3 is 15.0 Å². The van der Waals surface area contributed by atoms with E-state index in [-0.39, 0.29) is 10.2 Å². The summed E-state index contributed by atoms with van der Waals surface area (Å²) in [5, 5.41) is 3.16. The van der Waals surface area contributed by atoms with Crippen molar-refractivity contribution in [1.29, 1.82) is 0 Å². The number of sulfonamides is 1. The Kier molecular flexibility index (Phi) is 6.96. The fourth-order valence-electron chi connectivity index (χ4n) is 2.93. The molecule has 0 bridgehead atoms. The minimum Gasteiger partial charge on any atom is -0.378 e. The van der Waals surface area contributed by atoms with Crippen LogP contribution in [0.1, 0.15) is 12.6 Å². The molecular weight excluding hydrogens is 426 g/mol. The molecule has 1 saturated heterocycles. The number of urea groups is 1. The first-order valence-corrected chi connectivity index (χ1v) is 11.9. The van der Waals surface area contributed by atoms with Crippen LogP contribution in [0.3, 0.4) is 0 Å². The lowest BCUT2D eigenvalue weighted by molar-refractivity contribution is 0.122. The van der Waals surface area contributed by atoms with Gasteiger partial charge in [0.2, 0.25) is 0 Å². The molecule has 2 amide bonds. The van der Waals surface area contributed by atoms with Crippen molar-refractivity contribution in [2.45, 2.75) is 17.6 Å². The molecule has 0 radical (unpaired) electrons. The van der Waals surface area contributed by atoms with Crippen LogP contribution in [-0.4, -0.2) is 71.2 Å². The highest BCUT2D eigenvalue weighted by atomic mass is 32.2. The number of rotatable bonds is 6. The molecule has 2 heterocycles. The number of aromatic nitrogens is 1. The molecule has 1 aliphatic rings. The third-order valence-corrected chi connectivity index (χ3v) is 8.30. The van der Waals surface area contributed by atoms with E-state index >= 15 is 0 Å². The number of ether oxygens (including phenoxy) is 1. The van der Waals surface area contributed by atoms with Crippen LogP contribution in [-0.2, 0) is 21.2 Å². The summed E-state index contributed by atoms with van der Waals surface area (Å²) in [5.41, 5.74) is 2.19. The number of hydrogen-bond donors (Lipinski definition) is 1. The number of anilines is 3. The number of aryl methyl sites for hydroxylation is 1. The van der Waals surface area contributed by atoms with Crippen molar-refractivity contribution in [3.05, 3.63) is 30.0 Å². The fourth-order valence-corrected chi connectivity index (χ4v) is 5.69. The van der Waals surface area contributed by atoms with Gasteiger partial charge in [-0.15, -0.1) is 0 Å². The highest BCUT2D eigenvalue weighted by molar-refractivity contribution is 7.91. The Bertz CT molecular complexity index is 983. The van der Waals surface area contributed by atoms with Gasteiger partial charge in [-0.2, -0.15) is 0 Å². The van der Waals surface area contributed by atoms with E-state index in [2.05, 4.69) is 15.2 Å². The average molecular weight is 454 g/mol. The number of carbonyl (C=O) groups is 1. The smallest absolute Gasteiger partial charge is 0.327 e. The van der Waals surface area contributed by atoms with Gasteiger partial charge in [-0.1, -0.05) is 18.3 Å². The largest absolute Gasteiger partial charge is 0.378 e. The summed E-state index contributed by atoms with van der Waals surface area (Å²) in [6, 6.07) is 7.22. The van der Waals surface area contributed by atoms with E-state index in [9.17, 15) is 13.2 Å². The van der Waals surface area contributed by atoms with Gasteiger partial charge in [-0.05, 0) is 30.7 Å². The van der Waals surface area contributed by atoms with E-state index < -0.39 is 10.0 Å². The van der Waals surface area contributed by atoms with Crippen LogP contribution in [0.5, 0.6) is 0 Å². The number of carbonyl (C=O) groups excluding carboxylic acids is 1. The molecule has 1 fully saturated rings. The van der Waals surface area contributed by atoms with Gasteiger partial charge in [0.05, 0.1) is 18.9 Å². The Morgan fingerprint density at radius 2 is 1.83 bits per heavy atom. The minimum absolute atomic E-state index is 0.166. The van der Waals surface area contributed by atoms with Crippen LogP contribution in [0.25, 0.3) is 0 Å². The van der Waals surface area contributed by atoms with Crippen molar-refractivity contribution >= 4 is 43.9 Å². The van der Waals surface area contributed by atoms with Gasteiger partial charge in [0, 0.05) is 45.6 Å². The molecule has 0 saturated carbocycles. The molecule has 30 heavy (non-hydrogen) atoms. The predicted octanol–water partition coefficient (Wildman–Crippen LogP) is 2.46. The van der Waals surface area contributed by atoms with Crippen LogP contribution < -0.4 is 15.1 Å². The maximum absolute atomic E-state index is 12.7. The standard InChI is InChI=1S/C19H27N5O4S2/c1-5-16-17(30(26,27)22(2)3)29-19(21-16)23(4)18(25)20-14-6-8-15(9-7-14)24-10-12-28-13-11-24/h6-9H,5,10-13H2,1-4H3,(H,20,25). The normalized spacial score (nSPS) is 14.8. The number of hydrogen-bond acceptors (Lipinski definition) is 7. The Morgan fingerprint density at radius 3 is 2.40 bits per heavy atom. The lowest BCUT2D eigenvalue weighted by Gasteiger charge is -2.29. The summed E-state index contributed by atoms with van der Waals surface area (Å²) in [6.07, 6.45) is 0.456. The van der Waals surface area contributed by atoms with Crippen molar-refractivity contribution in [2.75, 3.05) is 62.6 Å². The monoisotopic (exact) mass is 453 g/mol. The molecule has 164 valence electrons. The fraction of sp³-hybridized carbons (Fsp3) is 0.474. The number of benzene rings is 1. The van der Waals surface area contributed by atoms with Crippen molar-refractivity contribution in [1.82, 2.24) is 9.29 Å². The van der Waals surface area contributed by atoms with Crippen molar-refractivity contribution in [2.24, 2.45) is 0 Å². The zero-order valence-electron chi connectivity index (χ0n) is 17.6. The molecule has 1 aromatic carbocycles. The third kappa shape index (κ3) is 4.75. The minimum atomic E-state index is -3.62. The zero-order valence-corrected chi connectivity index (χ0v) is 19.2. The van der Waals surface area contributed by atoms with Gasteiger partial charge in [0.25, 0.3) is 10.0 Å². The maximum Gasteiger partial charge on any atom is 0.327 e. The highest BCUT2D eigenvalue weighted by Gasteiger charge is 2.27. The Morgan fingerprint density at radius 1 is 1.20 bits per heavy atom. The van der Waals surface area contributed by atoms with Gasteiger partial charge in [-0.3, -0.25) is 4.90 Å². The van der Waals surface area contributed by atoms with Gasteiger partial charge in [0.15, 0.2) is 9.34 Å². The molecule has 1 aromatic heterocycles. The van der Waals surface area contributed by atoms with Crippen LogP contribution in [0.2, 0.25) is 0 Å². The topological polar surface area (TPSA) is 95.1 Å². The molecule has 9 nitrogen and oxygen atoms in total.